The van der Waals surface area contributed by atoms with Crippen LogP contribution in [0.1, 0.15) is 33.4 Å². The average molecular weight is 464 g/mol. The van der Waals surface area contributed by atoms with Gasteiger partial charge >= 0.3 is 0 Å². The summed E-state index contributed by atoms with van der Waals surface area (Å²) in [5.74, 6) is 0. The van der Waals surface area contributed by atoms with Gasteiger partial charge < -0.3 is 0 Å². The van der Waals surface area contributed by atoms with Crippen LogP contribution in [0.25, 0.3) is 0 Å². The van der Waals surface area contributed by atoms with Gasteiger partial charge in [0.25, 0.3) is 0 Å². The van der Waals surface area contributed by atoms with E-state index in [9.17, 15) is 0 Å². The molecule has 0 saturated heterocycles. The van der Waals surface area contributed by atoms with Crippen LogP contribution in [0, 0.1) is 41.5 Å². The van der Waals surface area contributed by atoms with E-state index < -0.39 is 0 Å². The third-order valence-electron chi connectivity index (χ3n) is 5.96. The van der Waals surface area contributed by atoms with Crippen molar-refractivity contribution in [1.29, 1.82) is 0 Å². The first kappa shape index (κ1) is 22.6. The van der Waals surface area contributed by atoms with Gasteiger partial charge in [0.05, 0.1) is 0 Å². The SMILES string of the molecule is Cc1c(Cl)c(C)c(B(c2ccccc2)c2c(C)c(Cl)c(C)c(Cl)c2C)c(C)c1Cl. The third kappa shape index (κ3) is 3.72. The monoisotopic (exact) mass is 462 g/mol. The van der Waals surface area contributed by atoms with Crippen molar-refractivity contribution < 1.29 is 0 Å². The summed E-state index contributed by atoms with van der Waals surface area (Å²) >= 11 is 26.8. The minimum Gasteiger partial charge on any atom is -0.0837 e. The lowest BCUT2D eigenvalue weighted by molar-refractivity contribution is 1.34. The van der Waals surface area contributed by atoms with Crippen LogP contribution in [0.5, 0.6) is 0 Å². The fourth-order valence-electron chi connectivity index (χ4n) is 4.34. The third-order valence-corrected chi connectivity index (χ3v) is 8.23. The van der Waals surface area contributed by atoms with Gasteiger partial charge in [0, 0.05) is 20.1 Å². The van der Waals surface area contributed by atoms with Crippen molar-refractivity contribution in [3.63, 3.8) is 0 Å². The summed E-state index contributed by atoms with van der Waals surface area (Å²) in [6.45, 7) is 12.1. The minimum atomic E-state index is -0.0811. The zero-order valence-corrected chi connectivity index (χ0v) is 20.5. The Morgan fingerprint density at radius 2 is 0.793 bits per heavy atom. The smallest absolute Gasteiger partial charge is 0.0837 e. The summed E-state index contributed by atoms with van der Waals surface area (Å²) in [4.78, 5) is 0. The maximum atomic E-state index is 6.71. The standard InChI is InChI=1S/C24H23BCl4/c1-12-19(13(2)22(27)16(5)21(12)26)25(18-10-8-7-9-11-18)20-14(3)23(28)17(6)24(29)15(20)4/h7-11H,1-6H3. The summed E-state index contributed by atoms with van der Waals surface area (Å²) in [7, 11) is 0. The molecule has 0 atom stereocenters. The maximum absolute atomic E-state index is 6.71. The van der Waals surface area contributed by atoms with Crippen LogP contribution in [0.3, 0.4) is 0 Å². The molecule has 3 aromatic rings. The molecule has 0 saturated carbocycles. The van der Waals surface area contributed by atoms with Gasteiger partial charge in [-0.3, -0.25) is 0 Å². The normalized spacial score (nSPS) is 11.1. The van der Waals surface area contributed by atoms with Gasteiger partial charge in [-0.1, -0.05) is 93.1 Å². The largest absolute Gasteiger partial charge is 0.242 e. The molecule has 0 nitrogen and oxygen atoms in total. The van der Waals surface area contributed by atoms with Crippen molar-refractivity contribution in [2.24, 2.45) is 0 Å². The molecule has 0 bridgehead atoms. The summed E-state index contributed by atoms with van der Waals surface area (Å²) in [5.41, 5.74) is 9.32. The number of halogens is 4. The van der Waals surface area contributed by atoms with Gasteiger partial charge in [-0.05, 0) is 74.9 Å². The average Bonchev–Trinajstić information content (AvgIpc) is 2.73. The van der Waals surface area contributed by atoms with E-state index in [-0.39, 0.29) is 6.71 Å². The zero-order valence-electron chi connectivity index (χ0n) is 17.5. The van der Waals surface area contributed by atoms with Gasteiger partial charge in [0.15, 0.2) is 0 Å². The van der Waals surface area contributed by atoms with Crippen LogP contribution in [0.2, 0.25) is 20.1 Å². The molecule has 0 radical (unpaired) electrons. The molecule has 0 aliphatic heterocycles. The quantitative estimate of drug-likeness (QED) is 0.380. The van der Waals surface area contributed by atoms with Crippen LogP contribution < -0.4 is 16.4 Å². The minimum absolute atomic E-state index is 0.0811. The van der Waals surface area contributed by atoms with Gasteiger partial charge in [-0.25, -0.2) is 0 Å². The number of hydrogen-bond acceptors (Lipinski definition) is 0. The van der Waals surface area contributed by atoms with E-state index in [1.165, 1.54) is 0 Å². The van der Waals surface area contributed by atoms with Crippen LogP contribution in [0.15, 0.2) is 30.3 Å². The fourth-order valence-corrected chi connectivity index (χ4v) is 5.22. The summed E-state index contributed by atoms with van der Waals surface area (Å²) in [6.07, 6.45) is 0. The second-order valence-electron chi connectivity index (χ2n) is 7.68. The van der Waals surface area contributed by atoms with E-state index in [0.29, 0.717) is 20.1 Å². The highest BCUT2D eigenvalue weighted by Crippen LogP contribution is 2.32. The van der Waals surface area contributed by atoms with E-state index in [0.717, 1.165) is 49.8 Å². The summed E-state index contributed by atoms with van der Waals surface area (Å²) in [6, 6.07) is 10.4. The molecule has 0 heterocycles. The molecule has 5 heteroatoms. The fraction of sp³-hybridized carbons (Fsp3) is 0.250. The van der Waals surface area contributed by atoms with Gasteiger partial charge in [0.2, 0.25) is 6.71 Å². The van der Waals surface area contributed by atoms with Crippen molar-refractivity contribution in [3.05, 3.63) is 83.8 Å². The lowest BCUT2D eigenvalue weighted by atomic mass is 9.34. The van der Waals surface area contributed by atoms with Crippen LogP contribution >= 0.6 is 46.4 Å². The van der Waals surface area contributed by atoms with Crippen LogP contribution in [-0.4, -0.2) is 6.71 Å². The van der Waals surface area contributed by atoms with Gasteiger partial charge in [-0.2, -0.15) is 0 Å². The Morgan fingerprint density at radius 1 is 0.483 bits per heavy atom. The molecule has 0 aliphatic rings. The van der Waals surface area contributed by atoms with Crippen molar-refractivity contribution in [2.45, 2.75) is 41.5 Å². The van der Waals surface area contributed by atoms with E-state index in [1.54, 1.807) is 0 Å². The zero-order chi connectivity index (χ0) is 21.6. The lowest BCUT2D eigenvalue weighted by Gasteiger charge is -2.27. The van der Waals surface area contributed by atoms with E-state index >= 15 is 0 Å². The molecule has 0 aliphatic carbocycles. The van der Waals surface area contributed by atoms with Crippen molar-refractivity contribution in [2.75, 3.05) is 0 Å². The van der Waals surface area contributed by atoms with Crippen molar-refractivity contribution in [1.82, 2.24) is 0 Å². The Hall–Kier alpha value is -1.12. The Balaban J connectivity index is 2.50. The molecule has 0 aromatic heterocycles. The predicted octanol–water partition coefficient (Wildman–Crippen LogP) is 6.67. The maximum Gasteiger partial charge on any atom is 0.242 e. The van der Waals surface area contributed by atoms with Crippen LogP contribution in [0.4, 0.5) is 0 Å². The first-order valence-corrected chi connectivity index (χ1v) is 11.0. The Bertz CT molecular complexity index is 977. The molecule has 0 N–H and O–H groups in total. The number of benzene rings is 3. The summed E-state index contributed by atoms with van der Waals surface area (Å²) < 4.78 is 0. The number of hydrogen-bond donors (Lipinski definition) is 0. The van der Waals surface area contributed by atoms with E-state index in [2.05, 4.69) is 39.8 Å². The van der Waals surface area contributed by atoms with Crippen molar-refractivity contribution in [3.8, 4) is 0 Å². The first-order valence-electron chi connectivity index (χ1n) is 9.53. The van der Waals surface area contributed by atoms with Crippen LogP contribution in [-0.2, 0) is 0 Å². The van der Waals surface area contributed by atoms with Crippen molar-refractivity contribution >= 4 is 69.5 Å². The molecule has 3 aromatic carbocycles. The second kappa shape index (κ2) is 8.56. The molecule has 3 rings (SSSR count). The molecular formula is C24H23BCl4. The molecule has 150 valence electrons. The highest BCUT2D eigenvalue weighted by molar-refractivity contribution is 6.97. The molecule has 0 amide bonds. The molecular weight excluding hydrogens is 441 g/mol. The predicted molar refractivity (Wildman–Crippen MR) is 132 cm³/mol. The highest BCUT2D eigenvalue weighted by atomic mass is 35.5. The number of rotatable bonds is 3. The highest BCUT2D eigenvalue weighted by Gasteiger charge is 2.32. The van der Waals surface area contributed by atoms with Gasteiger partial charge in [-0.15, -0.1) is 0 Å². The first-order chi connectivity index (χ1) is 13.6. The Labute approximate surface area is 194 Å². The topological polar surface area (TPSA) is 0 Å². The Kier molecular flexibility index (Phi) is 6.66. The second-order valence-corrected chi connectivity index (χ2v) is 9.19. The Morgan fingerprint density at radius 3 is 1.10 bits per heavy atom. The van der Waals surface area contributed by atoms with E-state index in [1.807, 2.05) is 32.0 Å². The molecule has 0 unspecified atom stereocenters. The van der Waals surface area contributed by atoms with E-state index in [4.69, 9.17) is 46.4 Å². The van der Waals surface area contributed by atoms with Gasteiger partial charge in [0.1, 0.15) is 0 Å². The summed E-state index contributed by atoms with van der Waals surface area (Å²) in [5, 5.41) is 2.82. The molecule has 29 heavy (non-hydrogen) atoms. The lowest BCUT2D eigenvalue weighted by Crippen LogP contribution is -2.56. The molecule has 0 spiro atoms. The molecule has 0 fully saturated rings.